The standard InChI is InChI=1S/C36H22O/c1-3-27-28(4-2)36(30-17-11-10-16-29(30)35(27)23-12-6-5-7-13-23)26-18-19-33-31(21-26)32-20-24-14-8-9-15-25(24)22-34(32)37-33/h3-8,10-14,16-22H,1-2H2. The largest absolute Gasteiger partial charge is 0.456 e. The van der Waals surface area contributed by atoms with Crippen LogP contribution in [0.2, 0.25) is 0 Å². The summed E-state index contributed by atoms with van der Waals surface area (Å²) in [5, 5.41) is 6.69. The molecule has 0 fully saturated rings. The normalized spacial score (nSPS) is 11.2. The highest BCUT2D eigenvalue weighted by Gasteiger charge is 2.19. The van der Waals surface area contributed by atoms with E-state index in [0.29, 0.717) is 0 Å². The minimum absolute atomic E-state index is 0.857. The van der Waals surface area contributed by atoms with Gasteiger partial charge in [-0.3, -0.25) is 0 Å². The van der Waals surface area contributed by atoms with Gasteiger partial charge in [-0.15, -0.1) is 0 Å². The number of fused-ring (bicyclic) bond motifs is 5. The van der Waals surface area contributed by atoms with Crippen molar-refractivity contribution in [3.8, 4) is 22.3 Å². The van der Waals surface area contributed by atoms with Crippen LogP contribution in [0, 0.1) is 12.1 Å². The van der Waals surface area contributed by atoms with Gasteiger partial charge in [-0.25, -0.2) is 0 Å². The lowest BCUT2D eigenvalue weighted by Gasteiger charge is -2.20. The molecule has 6 aromatic carbocycles. The van der Waals surface area contributed by atoms with Gasteiger partial charge in [0.1, 0.15) is 11.2 Å². The summed E-state index contributed by atoms with van der Waals surface area (Å²) < 4.78 is 6.25. The Morgan fingerprint density at radius 1 is 0.595 bits per heavy atom. The smallest absolute Gasteiger partial charge is 0.136 e. The lowest BCUT2D eigenvalue weighted by Crippen LogP contribution is -1.95. The molecule has 7 aromatic rings. The Morgan fingerprint density at radius 2 is 1.27 bits per heavy atom. The molecule has 1 aromatic heterocycles. The second-order valence-corrected chi connectivity index (χ2v) is 9.25. The predicted molar refractivity (Wildman–Crippen MR) is 157 cm³/mol. The highest BCUT2D eigenvalue weighted by Crippen LogP contribution is 2.44. The highest BCUT2D eigenvalue weighted by atomic mass is 16.3. The second kappa shape index (κ2) is 8.26. The van der Waals surface area contributed by atoms with Crippen molar-refractivity contribution >= 4 is 55.6 Å². The van der Waals surface area contributed by atoms with Gasteiger partial charge in [0.05, 0.1) is 0 Å². The topological polar surface area (TPSA) is 13.1 Å². The molecule has 0 saturated carbocycles. The summed E-state index contributed by atoms with van der Waals surface area (Å²) >= 11 is 0. The molecule has 0 unspecified atom stereocenters. The van der Waals surface area contributed by atoms with E-state index in [-0.39, 0.29) is 0 Å². The van der Waals surface area contributed by atoms with Crippen molar-refractivity contribution in [1.29, 1.82) is 0 Å². The van der Waals surface area contributed by atoms with E-state index in [9.17, 15) is 0 Å². The van der Waals surface area contributed by atoms with E-state index in [1.54, 1.807) is 0 Å². The maximum Gasteiger partial charge on any atom is 0.136 e. The number of furan rings is 1. The van der Waals surface area contributed by atoms with Crippen LogP contribution in [0.5, 0.6) is 0 Å². The zero-order chi connectivity index (χ0) is 24.9. The third-order valence-electron chi connectivity index (χ3n) is 7.25. The third kappa shape index (κ3) is 3.20. The van der Waals surface area contributed by atoms with Gasteiger partial charge in [0.2, 0.25) is 0 Å². The monoisotopic (exact) mass is 470 g/mol. The average molecular weight is 471 g/mol. The summed E-state index contributed by atoms with van der Waals surface area (Å²) in [6, 6.07) is 40.0. The molecule has 0 bridgehead atoms. The minimum atomic E-state index is 0.857. The van der Waals surface area contributed by atoms with Crippen LogP contribution in [-0.2, 0) is 0 Å². The molecule has 0 radical (unpaired) electrons. The first-order valence-corrected chi connectivity index (χ1v) is 12.3. The van der Waals surface area contributed by atoms with Crippen molar-refractivity contribution in [2.24, 2.45) is 0 Å². The summed E-state index contributed by atoms with van der Waals surface area (Å²) in [5.74, 6) is 0. The van der Waals surface area contributed by atoms with Crippen LogP contribution in [0.15, 0.2) is 115 Å². The number of rotatable bonds is 4. The molecule has 1 nitrogen and oxygen atoms in total. The molecule has 0 saturated heterocycles. The van der Waals surface area contributed by atoms with Gasteiger partial charge >= 0.3 is 0 Å². The zero-order valence-corrected chi connectivity index (χ0v) is 20.2. The number of benzene rings is 5. The molecule has 0 aliphatic heterocycles. The van der Waals surface area contributed by atoms with E-state index in [1.807, 2.05) is 24.3 Å². The van der Waals surface area contributed by atoms with E-state index in [1.165, 1.54) is 21.9 Å². The van der Waals surface area contributed by atoms with E-state index < -0.39 is 0 Å². The van der Waals surface area contributed by atoms with Crippen molar-refractivity contribution in [2.45, 2.75) is 0 Å². The molecule has 172 valence electrons. The van der Waals surface area contributed by atoms with Crippen LogP contribution in [0.3, 0.4) is 0 Å². The number of hydrogen-bond donors (Lipinski definition) is 0. The molecule has 1 heteroatoms. The third-order valence-corrected chi connectivity index (χ3v) is 7.25. The number of hydrogen-bond acceptors (Lipinski definition) is 1. The summed E-state index contributed by atoms with van der Waals surface area (Å²) in [6.07, 6.45) is 3.92. The van der Waals surface area contributed by atoms with Crippen molar-refractivity contribution < 1.29 is 4.42 Å². The van der Waals surface area contributed by atoms with Crippen LogP contribution in [0.25, 0.3) is 77.9 Å². The fourth-order valence-electron chi connectivity index (χ4n) is 5.62. The van der Waals surface area contributed by atoms with Gasteiger partial charge in [0, 0.05) is 16.2 Å². The van der Waals surface area contributed by atoms with E-state index in [4.69, 9.17) is 4.42 Å². The molecule has 1 heterocycles. The summed E-state index contributed by atoms with van der Waals surface area (Å²) in [7, 11) is 0. The fraction of sp³-hybridized carbons (Fsp3) is 0. The van der Waals surface area contributed by atoms with Crippen molar-refractivity contribution in [2.75, 3.05) is 0 Å². The highest BCUT2D eigenvalue weighted by molar-refractivity contribution is 6.14. The minimum Gasteiger partial charge on any atom is -0.456 e. The van der Waals surface area contributed by atoms with Gasteiger partial charge < -0.3 is 4.42 Å². The molecule has 0 atom stereocenters. The van der Waals surface area contributed by atoms with Crippen molar-refractivity contribution in [3.63, 3.8) is 0 Å². The molecule has 37 heavy (non-hydrogen) atoms. The van der Waals surface area contributed by atoms with E-state index in [0.717, 1.165) is 55.0 Å². The Kier molecular flexibility index (Phi) is 4.74. The van der Waals surface area contributed by atoms with Crippen molar-refractivity contribution in [1.82, 2.24) is 0 Å². The first-order chi connectivity index (χ1) is 18.3. The summed E-state index contributed by atoms with van der Waals surface area (Å²) in [5.41, 5.74) is 8.51. The first-order valence-electron chi connectivity index (χ1n) is 12.3. The average Bonchev–Trinajstić information content (AvgIpc) is 3.31. The molecule has 0 spiro atoms. The van der Waals surface area contributed by atoms with Crippen LogP contribution in [0.1, 0.15) is 11.1 Å². The van der Waals surface area contributed by atoms with E-state index >= 15 is 0 Å². The maximum atomic E-state index is 6.25. The predicted octanol–water partition coefficient (Wildman–Crippen LogP) is 10.1. The van der Waals surface area contributed by atoms with E-state index in [2.05, 4.69) is 110 Å². The molecular weight excluding hydrogens is 448 g/mol. The Morgan fingerprint density at radius 3 is 2.00 bits per heavy atom. The SMILES string of the molecule is C=Cc1c(C=C)c(-c2ccc3oc4cc5c#cccc5cc4c3c2)c2ccccc2c1-c1ccccc1. The quantitative estimate of drug-likeness (QED) is 0.249. The van der Waals surface area contributed by atoms with Gasteiger partial charge in [0.15, 0.2) is 0 Å². The second-order valence-electron chi connectivity index (χ2n) is 9.25. The van der Waals surface area contributed by atoms with Gasteiger partial charge in [-0.05, 0) is 85.9 Å². The van der Waals surface area contributed by atoms with Crippen LogP contribution >= 0.6 is 0 Å². The van der Waals surface area contributed by atoms with Crippen molar-refractivity contribution in [3.05, 3.63) is 133 Å². The molecule has 0 aliphatic rings. The fourth-order valence-corrected chi connectivity index (χ4v) is 5.62. The van der Waals surface area contributed by atoms with Gasteiger partial charge in [-0.2, -0.15) is 0 Å². The van der Waals surface area contributed by atoms with Gasteiger partial charge in [-0.1, -0.05) is 98.1 Å². The zero-order valence-electron chi connectivity index (χ0n) is 20.2. The Hall–Kier alpha value is -5.06. The summed E-state index contributed by atoms with van der Waals surface area (Å²) in [6.45, 7) is 8.44. The molecule has 7 rings (SSSR count). The lowest BCUT2D eigenvalue weighted by atomic mass is 9.83. The van der Waals surface area contributed by atoms with Crippen LogP contribution in [0.4, 0.5) is 0 Å². The Bertz CT molecular complexity index is 2000. The molecular formula is C36H22O. The molecule has 0 amide bonds. The lowest BCUT2D eigenvalue weighted by molar-refractivity contribution is 0.669. The summed E-state index contributed by atoms with van der Waals surface area (Å²) in [4.78, 5) is 0. The maximum absolute atomic E-state index is 6.25. The van der Waals surface area contributed by atoms with Crippen LogP contribution < -0.4 is 0 Å². The molecule has 0 aliphatic carbocycles. The van der Waals surface area contributed by atoms with Gasteiger partial charge in [0.25, 0.3) is 0 Å². The Labute approximate surface area is 215 Å². The Balaban J connectivity index is 1.57. The first kappa shape index (κ1) is 21.2. The molecule has 0 N–H and O–H groups in total. The van der Waals surface area contributed by atoms with Crippen LogP contribution in [-0.4, -0.2) is 0 Å².